The maximum Gasteiger partial charge on any atom is 0.202 e. The average molecular weight is 237 g/mol. The number of halogens is 1. The molecule has 0 spiro atoms. The lowest BCUT2D eigenvalue weighted by molar-refractivity contribution is 0.325. The zero-order valence-corrected chi connectivity index (χ0v) is 9.26. The van der Waals surface area contributed by atoms with Crippen LogP contribution in [-0.4, -0.2) is 31.2 Å². The van der Waals surface area contributed by atoms with Crippen LogP contribution in [0.1, 0.15) is 13.3 Å². The predicted molar refractivity (Wildman–Crippen MR) is 61.4 cm³/mol. The summed E-state index contributed by atoms with van der Waals surface area (Å²) in [6.07, 6.45) is 2.92. The molecule has 2 aromatic heterocycles. The van der Waals surface area contributed by atoms with Crippen LogP contribution in [0.2, 0.25) is 0 Å². The Balaban J connectivity index is 2.65. The summed E-state index contributed by atoms with van der Waals surface area (Å²) in [5.74, 6) is -0.376. The Bertz CT molecular complexity index is 571. The number of nitrogens with two attached hydrogens (primary N) is 1. The van der Waals surface area contributed by atoms with E-state index in [0.717, 1.165) is 4.57 Å². The molecular formula is C10H12FN5O. The van der Waals surface area contributed by atoms with Gasteiger partial charge >= 0.3 is 0 Å². The van der Waals surface area contributed by atoms with E-state index in [1.807, 2.05) is 0 Å². The molecule has 7 heteroatoms. The number of hydrogen-bond acceptors (Lipinski definition) is 5. The van der Waals surface area contributed by atoms with E-state index in [-0.39, 0.29) is 23.6 Å². The van der Waals surface area contributed by atoms with Crippen molar-refractivity contribution in [3.05, 3.63) is 18.2 Å². The van der Waals surface area contributed by atoms with E-state index in [1.54, 1.807) is 6.92 Å². The number of aromatic nitrogens is 4. The normalized spacial score (nSPS) is 12.9. The lowest BCUT2D eigenvalue weighted by atomic mass is 10.2. The molecule has 2 heterocycles. The topological polar surface area (TPSA) is 89.8 Å². The zero-order valence-electron chi connectivity index (χ0n) is 9.26. The van der Waals surface area contributed by atoms with Gasteiger partial charge in [0, 0.05) is 5.57 Å². The number of aliphatic hydroxyl groups excluding tert-OH is 1. The molecule has 0 aliphatic heterocycles. The molecule has 0 radical (unpaired) electrons. The van der Waals surface area contributed by atoms with Gasteiger partial charge in [0.1, 0.15) is 12.7 Å². The first kappa shape index (κ1) is 11.5. The van der Waals surface area contributed by atoms with Gasteiger partial charge in [-0.25, -0.2) is 15.0 Å². The van der Waals surface area contributed by atoms with Crippen LogP contribution in [0.15, 0.2) is 18.2 Å². The van der Waals surface area contributed by atoms with Crippen LogP contribution < -0.4 is 5.73 Å². The number of fused-ring (bicyclic) bond motifs is 1. The van der Waals surface area contributed by atoms with Crippen molar-refractivity contribution in [3.63, 3.8) is 0 Å². The monoisotopic (exact) mass is 237 g/mol. The second kappa shape index (κ2) is 4.46. The van der Waals surface area contributed by atoms with Crippen molar-refractivity contribution in [2.75, 3.05) is 12.3 Å². The van der Waals surface area contributed by atoms with Crippen LogP contribution in [0, 0.1) is 0 Å². The fourth-order valence-corrected chi connectivity index (χ4v) is 1.49. The summed E-state index contributed by atoms with van der Waals surface area (Å²) >= 11 is 0. The van der Waals surface area contributed by atoms with Gasteiger partial charge in [-0.05, 0) is 6.42 Å². The summed E-state index contributed by atoms with van der Waals surface area (Å²) in [6, 6.07) is 0. The molecule has 0 unspecified atom stereocenters. The van der Waals surface area contributed by atoms with Gasteiger partial charge in [-0.1, -0.05) is 6.92 Å². The van der Waals surface area contributed by atoms with Crippen molar-refractivity contribution >= 4 is 22.9 Å². The Morgan fingerprint density at radius 1 is 1.47 bits per heavy atom. The highest BCUT2D eigenvalue weighted by Crippen LogP contribution is 2.22. The van der Waals surface area contributed by atoms with Crippen molar-refractivity contribution in [3.8, 4) is 0 Å². The maximum absolute atomic E-state index is 14.0. The van der Waals surface area contributed by atoms with E-state index in [2.05, 4.69) is 15.0 Å². The first-order chi connectivity index (χ1) is 8.19. The zero-order chi connectivity index (χ0) is 12.4. The van der Waals surface area contributed by atoms with Crippen molar-refractivity contribution < 1.29 is 9.50 Å². The molecule has 0 saturated heterocycles. The summed E-state index contributed by atoms with van der Waals surface area (Å²) in [6.45, 7) is 1.41. The molecule has 0 bridgehead atoms. The van der Waals surface area contributed by atoms with Gasteiger partial charge in [0.15, 0.2) is 17.0 Å². The first-order valence-corrected chi connectivity index (χ1v) is 5.11. The molecule has 6 nitrogen and oxygen atoms in total. The Morgan fingerprint density at radius 2 is 2.24 bits per heavy atom. The maximum atomic E-state index is 14.0. The first-order valence-electron chi connectivity index (χ1n) is 5.11. The van der Waals surface area contributed by atoms with Gasteiger partial charge in [-0.3, -0.25) is 4.57 Å². The number of aliphatic hydroxyl groups is 1. The minimum atomic E-state index is -0.574. The number of hydrogen-bond donors (Lipinski definition) is 2. The fraction of sp³-hybridized carbons (Fsp3) is 0.300. The van der Waals surface area contributed by atoms with Crippen molar-refractivity contribution in [1.29, 1.82) is 0 Å². The Morgan fingerprint density at radius 3 is 2.88 bits per heavy atom. The second-order valence-electron chi connectivity index (χ2n) is 3.45. The fourth-order valence-electron chi connectivity index (χ4n) is 1.49. The number of nitrogen functional groups attached to an aromatic ring is 1. The molecule has 2 rings (SSSR count). The molecule has 0 aliphatic rings. The number of imidazole rings is 1. The average Bonchev–Trinajstić information content (AvgIpc) is 2.75. The highest BCUT2D eigenvalue weighted by atomic mass is 19.1. The van der Waals surface area contributed by atoms with Gasteiger partial charge in [-0.15, -0.1) is 0 Å². The van der Waals surface area contributed by atoms with Gasteiger partial charge in [0.25, 0.3) is 0 Å². The minimum Gasteiger partial charge on any atom is -0.392 e. The highest BCUT2D eigenvalue weighted by molar-refractivity contribution is 5.83. The Hall–Kier alpha value is -2.02. The summed E-state index contributed by atoms with van der Waals surface area (Å²) in [5.41, 5.74) is 6.51. The van der Waals surface area contributed by atoms with Crippen LogP contribution in [-0.2, 0) is 0 Å². The Kier molecular flexibility index (Phi) is 3.01. The van der Waals surface area contributed by atoms with Crippen LogP contribution >= 0.6 is 0 Å². The number of anilines is 1. The standard InChI is InChI=1S/C10H12FN5O/c1-2-6(3-17)8(11)16-5-15-7-9(12)13-4-14-10(7)16/h4-5,17H,2-3H2,1H3,(H2,12,13,14). The molecule has 0 aromatic carbocycles. The quantitative estimate of drug-likeness (QED) is 0.829. The van der Waals surface area contributed by atoms with E-state index < -0.39 is 5.95 Å². The second-order valence-corrected chi connectivity index (χ2v) is 3.45. The third-order valence-electron chi connectivity index (χ3n) is 2.48. The van der Waals surface area contributed by atoms with Crippen molar-refractivity contribution in [2.45, 2.75) is 13.3 Å². The van der Waals surface area contributed by atoms with E-state index in [9.17, 15) is 4.39 Å². The van der Waals surface area contributed by atoms with Crippen LogP contribution in [0.25, 0.3) is 17.1 Å². The highest BCUT2D eigenvalue weighted by Gasteiger charge is 2.13. The third-order valence-corrected chi connectivity index (χ3v) is 2.48. The Labute approximate surface area is 96.6 Å². The molecule has 2 aromatic rings. The van der Waals surface area contributed by atoms with E-state index >= 15 is 0 Å². The van der Waals surface area contributed by atoms with Gasteiger partial charge in [-0.2, -0.15) is 4.39 Å². The molecule has 0 atom stereocenters. The lowest BCUT2D eigenvalue weighted by Crippen LogP contribution is -2.00. The van der Waals surface area contributed by atoms with Gasteiger partial charge in [0.05, 0.1) is 6.61 Å². The van der Waals surface area contributed by atoms with Gasteiger partial charge in [0.2, 0.25) is 5.95 Å². The summed E-state index contributed by atoms with van der Waals surface area (Å²) in [5, 5.41) is 9.03. The SMILES string of the molecule is CCC(CO)=C(F)n1cnc2c(N)ncnc21. The van der Waals surface area contributed by atoms with Crippen LogP contribution in [0.5, 0.6) is 0 Å². The molecule has 90 valence electrons. The molecule has 3 N–H and O–H groups in total. The summed E-state index contributed by atoms with van der Waals surface area (Å²) in [7, 11) is 0. The molecule has 0 amide bonds. The van der Waals surface area contributed by atoms with Crippen molar-refractivity contribution in [2.24, 2.45) is 0 Å². The largest absolute Gasteiger partial charge is 0.392 e. The molecule has 0 aliphatic carbocycles. The number of nitrogens with zero attached hydrogens (tertiary/aromatic N) is 4. The lowest BCUT2D eigenvalue weighted by Gasteiger charge is -2.05. The van der Waals surface area contributed by atoms with Gasteiger partial charge < -0.3 is 10.8 Å². The summed E-state index contributed by atoms with van der Waals surface area (Å²) in [4.78, 5) is 11.6. The molecular weight excluding hydrogens is 225 g/mol. The molecule has 17 heavy (non-hydrogen) atoms. The smallest absolute Gasteiger partial charge is 0.202 e. The molecule has 0 fully saturated rings. The van der Waals surface area contributed by atoms with Crippen LogP contribution in [0.3, 0.4) is 0 Å². The summed E-state index contributed by atoms with van der Waals surface area (Å²) < 4.78 is 15.2. The third kappa shape index (κ3) is 1.84. The van der Waals surface area contributed by atoms with Crippen molar-refractivity contribution in [1.82, 2.24) is 19.5 Å². The van der Waals surface area contributed by atoms with E-state index in [4.69, 9.17) is 10.8 Å². The number of rotatable bonds is 3. The minimum absolute atomic E-state index is 0.198. The van der Waals surface area contributed by atoms with Crippen LogP contribution in [0.4, 0.5) is 10.2 Å². The predicted octanol–water partition coefficient (Wildman–Crippen LogP) is 0.949. The van der Waals surface area contributed by atoms with E-state index in [1.165, 1.54) is 12.7 Å². The van der Waals surface area contributed by atoms with E-state index in [0.29, 0.717) is 11.9 Å². The molecule has 0 saturated carbocycles.